The summed E-state index contributed by atoms with van der Waals surface area (Å²) in [5.41, 5.74) is 5.42. The molecule has 2 aliphatic rings. The van der Waals surface area contributed by atoms with Crippen molar-refractivity contribution >= 4 is 12.2 Å². The maximum absolute atomic E-state index is 15.1. The number of ether oxygens (including phenoxy) is 2. The van der Waals surface area contributed by atoms with Crippen molar-refractivity contribution in [2.45, 2.75) is 63.7 Å². The van der Waals surface area contributed by atoms with Gasteiger partial charge in [-0.25, -0.2) is 28.3 Å². The number of carbonyl (C=O) groups is 2. The predicted molar refractivity (Wildman–Crippen MR) is 188 cm³/mol. The van der Waals surface area contributed by atoms with E-state index >= 15 is 4.39 Å². The molecule has 0 radical (unpaired) electrons. The molecule has 0 spiro atoms. The molecular weight excluding hydrogens is 654 g/mol. The molecule has 2 aliphatic heterocycles. The Labute approximate surface area is 294 Å². The van der Waals surface area contributed by atoms with Crippen LogP contribution < -0.4 is 0 Å². The number of H-pyrrole nitrogens is 2. The number of hydrogen-bond acceptors (Lipinski definition) is 6. The van der Waals surface area contributed by atoms with Crippen molar-refractivity contribution < 1.29 is 27.8 Å². The number of likely N-dealkylation sites (tertiary alicyclic amines) is 2. The van der Waals surface area contributed by atoms with Crippen molar-refractivity contribution in [3.8, 4) is 33.6 Å². The monoisotopic (exact) mass is 694 g/mol. The quantitative estimate of drug-likeness (QED) is 0.177. The van der Waals surface area contributed by atoms with Crippen molar-refractivity contribution in [1.82, 2.24) is 29.7 Å². The van der Waals surface area contributed by atoms with Crippen LogP contribution in [0.4, 0.5) is 18.4 Å². The van der Waals surface area contributed by atoms with Gasteiger partial charge in [-0.3, -0.25) is 4.90 Å². The van der Waals surface area contributed by atoms with E-state index in [2.05, 4.69) is 19.9 Å². The van der Waals surface area contributed by atoms with Crippen LogP contribution in [-0.4, -0.2) is 79.5 Å². The van der Waals surface area contributed by atoms with Crippen molar-refractivity contribution in [2.75, 3.05) is 19.6 Å². The fraction of sp³-hybridized carbons (Fsp3) is 0.333. The van der Waals surface area contributed by atoms with E-state index in [1.165, 1.54) is 9.80 Å². The Kier molecular flexibility index (Phi) is 9.33. The van der Waals surface area contributed by atoms with E-state index in [1.807, 2.05) is 78.9 Å². The first kappa shape index (κ1) is 34.0. The zero-order chi connectivity index (χ0) is 35.7. The number of aromatic nitrogens is 4. The van der Waals surface area contributed by atoms with E-state index in [4.69, 9.17) is 9.47 Å². The number of nitrogens with one attached hydrogen (secondary N) is 2. The third-order valence-electron chi connectivity index (χ3n) is 9.21. The third-order valence-corrected chi connectivity index (χ3v) is 9.21. The van der Waals surface area contributed by atoms with Crippen LogP contribution in [0.1, 0.15) is 56.4 Å². The SMILES string of the molecule is CC(C)(C)OC(=O)N1CC[C@@H](F)[C@H]1c1ncc(-c2ccc(-c3ccc(-c4cnc([C@H]5CN(C(=O)OCc6ccccc6)C[C@H]5F)[nH]4)cc3)cc2)[nH]1. The van der Waals surface area contributed by atoms with Gasteiger partial charge < -0.3 is 24.3 Å². The molecular formula is C39H40F2N6O4. The van der Waals surface area contributed by atoms with Crippen LogP contribution in [0.25, 0.3) is 33.6 Å². The van der Waals surface area contributed by atoms with E-state index in [0.717, 1.165) is 39.2 Å². The summed E-state index contributed by atoms with van der Waals surface area (Å²) >= 11 is 0. The summed E-state index contributed by atoms with van der Waals surface area (Å²) in [5.74, 6) is 0.299. The number of benzene rings is 3. The second-order valence-electron chi connectivity index (χ2n) is 14.0. The zero-order valence-corrected chi connectivity index (χ0v) is 28.7. The van der Waals surface area contributed by atoms with Gasteiger partial charge in [-0.15, -0.1) is 0 Å². The van der Waals surface area contributed by atoms with Crippen LogP contribution in [0, 0.1) is 0 Å². The standard InChI is InChI=1S/C39H40F2N6O4/c1-39(2,3)51-38(49)47-18-17-30(40)34(47)36-43-20-33(45-36)28-15-11-26(12-16-28)25-9-13-27(14-10-25)32-19-42-35(44-32)29-21-46(22-31(29)41)37(48)50-23-24-7-5-4-6-8-24/h4-16,19-20,29-31,34H,17-18,21-23H2,1-3H3,(H,42,44)(H,43,45)/t29-,30+,31+,34-/m0/s1. The lowest BCUT2D eigenvalue weighted by atomic mass is 10.0. The predicted octanol–water partition coefficient (Wildman–Crippen LogP) is 8.23. The van der Waals surface area contributed by atoms with Crippen molar-refractivity contribution in [1.29, 1.82) is 0 Å². The fourth-order valence-electron chi connectivity index (χ4n) is 6.57. The van der Waals surface area contributed by atoms with Gasteiger partial charge >= 0.3 is 12.2 Å². The number of halogens is 2. The second-order valence-corrected chi connectivity index (χ2v) is 14.0. The summed E-state index contributed by atoms with van der Waals surface area (Å²) in [6, 6.07) is 24.4. The summed E-state index contributed by atoms with van der Waals surface area (Å²) in [6.45, 7) is 5.87. The van der Waals surface area contributed by atoms with E-state index < -0.39 is 42.1 Å². The lowest BCUT2D eigenvalue weighted by Crippen LogP contribution is -2.37. The highest BCUT2D eigenvalue weighted by Crippen LogP contribution is 2.36. The Morgan fingerprint density at radius 1 is 0.765 bits per heavy atom. The molecule has 10 nitrogen and oxygen atoms in total. The molecule has 4 atom stereocenters. The molecule has 5 aromatic rings. The highest BCUT2D eigenvalue weighted by atomic mass is 19.1. The van der Waals surface area contributed by atoms with Crippen LogP contribution in [0.15, 0.2) is 91.3 Å². The lowest BCUT2D eigenvalue weighted by Gasteiger charge is -2.28. The first-order valence-electron chi connectivity index (χ1n) is 17.1. The number of imidazole rings is 2. The number of amides is 2. The average Bonchev–Trinajstić information content (AvgIpc) is 3.94. The molecule has 0 aliphatic carbocycles. The molecule has 2 fully saturated rings. The first-order chi connectivity index (χ1) is 24.5. The number of alkyl halides is 2. The second kappa shape index (κ2) is 14.0. The molecule has 7 rings (SSSR count). The number of carbonyl (C=O) groups excluding carboxylic acids is 2. The molecule has 264 valence electrons. The first-order valence-corrected chi connectivity index (χ1v) is 17.1. The largest absolute Gasteiger partial charge is 0.445 e. The molecule has 3 aromatic carbocycles. The summed E-state index contributed by atoms with van der Waals surface area (Å²) in [4.78, 5) is 43.5. The molecule has 0 unspecified atom stereocenters. The Morgan fingerprint density at radius 2 is 1.33 bits per heavy atom. The number of aromatic amines is 2. The summed E-state index contributed by atoms with van der Waals surface area (Å²) in [7, 11) is 0. The zero-order valence-electron chi connectivity index (χ0n) is 28.7. The van der Waals surface area contributed by atoms with Gasteiger partial charge in [-0.05, 0) is 55.0 Å². The van der Waals surface area contributed by atoms with Gasteiger partial charge in [0.15, 0.2) is 0 Å². The summed E-state index contributed by atoms with van der Waals surface area (Å²) in [5, 5.41) is 0. The molecule has 4 heterocycles. The molecule has 2 amide bonds. The molecule has 0 saturated carbocycles. The van der Waals surface area contributed by atoms with Crippen molar-refractivity contribution in [3.05, 3.63) is 108 Å². The molecule has 2 N–H and O–H groups in total. The van der Waals surface area contributed by atoms with Crippen molar-refractivity contribution in [3.63, 3.8) is 0 Å². The smallest absolute Gasteiger partial charge is 0.411 e. The molecule has 2 aromatic heterocycles. The van der Waals surface area contributed by atoms with Gasteiger partial charge in [-0.1, -0.05) is 78.9 Å². The highest BCUT2D eigenvalue weighted by Gasteiger charge is 2.42. The highest BCUT2D eigenvalue weighted by molar-refractivity contribution is 5.72. The van der Waals surface area contributed by atoms with Gasteiger partial charge in [0.1, 0.15) is 42.2 Å². The normalized spacial score (nSPS) is 20.5. The summed E-state index contributed by atoms with van der Waals surface area (Å²) in [6.07, 6.45) is -0.0416. The van der Waals surface area contributed by atoms with E-state index in [-0.39, 0.29) is 32.7 Å². The lowest BCUT2D eigenvalue weighted by molar-refractivity contribution is 0.0186. The molecule has 0 bridgehead atoms. The fourth-order valence-corrected chi connectivity index (χ4v) is 6.57. The van der Waals surface area contributed by atoms with Crippen molar-refractivity contribution in [2.24, 2.45) is 0 Å². The maximum Gasteiger partial charge on any atom is 0.411 e. The minimum Gasteiger partial charge on any atom is -0.445 e. The van der Waals surface area contributed by atoms with E-state index in [0.29, 0.717) is 11.6 Å². The van der Waals surface area contributed by atoms with Crippen LogP contribution in [0.3, 0.4) is 0 Å². The van der Waals surface area contributed by atoms with Gasteiger partial charge in [0, 0.05) is 13.1 Å². The van der Waals surface area contributed by atoms with Crippen LogP contribution >= 0.6 is 0 Å². The Morgan fingerprint density at radius 3 is 1.94 bits per heavy atom. The van der Waals surface area contributed by atoms with Crippen LogP contribution in [-0.2, 0) is 16.1 Å². The molecule has 12 heteroatoms. The van der Waals surface area contributed by atoms with Gasteiger partial charge in [-0.2, -0.15) is 0 Å². The minimum atomic E-state index is -1.26. The Bertz CT molecular complexity index is 1970. The summed E-state index contributed by atoms with van der Waals surface area (Å²) < 4.78 is 40.9. The Hall–Kier alpha value is -5.52. The maximum atomic E-state index is 15.1. The van der Waals surface area contributed by atoms with Gasteiger partial charge in [0.05, 0.1) is 36.2 Å². The van der Waals surface area contributed by atoms with Gasteiger partial charge in [0.25, 0.3) is 0 Å². The average molecular weight is 695 g/mol. The number of rotatable bonds is 7. The van der Waals surface area contributed by atoms with E-state index in [9.17, 15) is 14.0 Å². The molecule has 51 heavy (non-hydrogen) atoms. The number of hydrogen-bond donors (Lipinski definition) is 2. The van der Waals surface area contributed by atoms with Crippen LogP contribution in [0.2, 0.25) is 0 Å². The topological polar surface area (TPSA) is 116 Å². The third kappa shape index (κ3) is 7.50. The van der Waals surface area contributed by atoms with Crippen LogP contribution in [0.5, 0.6) is 0 Å². The molecule has 2 saturated heterocycles. The Balaban J connectivity index is 0.974. The van der Waals surface area contributed by atoms with Gasteiger partial charge in [0.2, 0.25) is 0 Å². The number of nitrogens with zero attached hydrogens (tertiary/aromatic N) is 4. The van der Waals surface area contributed by atoms with E-state index in [1.54, 1.807) is 33.2 Å². The minimum absolute atomic E-state index is 0.0470.